The van der Waals surface area contributed by atoms with Gasteiger partial charge in [-0.05, 0) is 47.5 Å². The average molecular weight is 704 g/mol. The molecule has 2 aliphatic rings. The fourth-order valence-electron chi connectivity index (χ4n) is 4.26. The Morgan fingerprint density at radius 2 is 0.979 bits per heavy atom. The monoisotopic (exact) mass is 702 g/mol. The Morgan fingerprint density at radius 3 is 1.28 bits per heavy atom. The Kier molecular flexibility index (Phi) is 13.9. The molecule has 2 aromatic rings. The maximum absolute atomic E-state index is 11.9. The van der Waals surface area contributed by atoms with Crippen LogP contribution in [0, 0.1) is 0 Å². The molecule has 244 valence electrons. The van der Waals surface area contributed by atoms with E-state index in [0.29, 0.717) is 34.1 Å². The van der Waals surface area contributed by atoms with Crippen LogP contribution in [0.3, 0.4) is 0 Å². The van der Waals surface area contributed by atoms with Gasteiger partial charge in [-0.25, -0.2) is 9.59 Å². The Bertz CT molecular complexity index is 1490. The molecule has 0 bridgehead atoms. The zero-order valence-electron chi connectivity index (χ0n) is 25.9. The number of hydrogen-bond donors (Lipinski definition) is 2. The predicted molar refractivity (Wildman–Crippen MR) is 155 cm³/mol. The third kappa shape index (κ3) is 9.77. The fraction of sp³-hybridized carbons (Fsp3) is 0.267. The molecule has 0 radical (unpaired) electrons. The van der Waals surface area contributed by atoms with E-state index in [9.17, 15) is 39.0 Å². The number of hydrogen-bond acceptors (Lipinski definition) is 12. The quantitative estimate of drug-likeness (QED) is 0.162. The Morgan fingerprint density at radius 1 is 0.638 bits per heavy atom. The summed E-state index contributed by atoms with van der Waals surface area (Å²) in [6.07, 6.45) is 2.20. The Labute approximate surface area is 281 Å². The van der Waals surface area contributed by atoms with Crippen LogP contribution in [-0.4, -0.2) is 87.1 Å². The smallest absolute Gasteiger partial charge is 0.550 e. The van der Waals surface area contributed by atoms with Crippen LogP contribution in [-0.2, 0) is 38.7 Å². The number of amides is 6. The molecule has 17 heteroatoms. The third-order valence-corrected chi connectivity index (χ3v) is 6.48. The number of nitrogens with one attached hydrogen (secondary N) is 2. The number of methoxy groups -OCH3 is 4. The maximum Gasteiger partial charge on any atom is 2.00 e. The van der Waals surface area contributed by atoms with E-state index in [-0.39, 0.29) is 56.8 Å². The number of urea groups is 2. The van der Waals surface area contributed by atoms with Gasteiger partial charge in [0.25, 0.3) is 11.8 Å². The SMILES string of the molecule is COc1ccc(C=C2C(=O)NC(=O)N2CCC(=O)[O-])cc1OC.COc1ccc(C=C2C(=O)NC(=O)N2CCC(=O)[O-])cc1OC.[Zn+2]. The molecule has 0 unspecified atom stereocenters. The van der Waals surface area contributed by atoms with Crippen molar-refractivity contribution in [2.75, 3.05) is 41.5 Å². The van der Waals surface area contributed by atoms with Gasteiger partial charge in [-0.1, -0.05) is 12.1 Å². The molecule has 4 rings (SSSR count). The number of imide groups is 2. The molecule has 0 aliphatic carbocycles. The van der Waals surface area contributed by atoms with Gasteiger partial charge in [-0.2, -0.15) is 0 Å². The van der Waals surface area contributed by atoms with Crippen molar-refractivity contribution in [1.29, 1.82) is 0 Å². The number of carboxylic acids is 2. The number of carboxylic acid groups (broad SMARTS) is 2. The number of rotatable bonds is 12. The first-order valence-corrected chi connectivity index (χ1v) is 13.4. The van der Waals surface area contributed by atoms with E-state index >= 15 is 0 Å². The Hall–Kier alpha value is -5.44. The van der Waals surface area contributed by atoms with Crippen LogP contribution >= 0.6 is 0 Å². The first kappa shape index (κ1) is 37.7. The standard InChI is InChI=1S/2C15H16N2O6.Zn/c2*1-22-11-4-3-9(8-12(11)23-2)7-10-14(20)16-15(21)17(10)6-5-13(18)19;/h2*3-4,7-8H,5-6H2,1-2H3,(H,18,19)(H,16,20,21);/q;;+2/p-2. The minimum atomic E-state index is -1.30. The summed E-state index contributed by atoms with van der Waals surface area (Å²) < 4.78 is 20.6. The molecule has 0 spiro atoms. The molecule has 2 N–H and O–H groups in total. The van der Waals surface area contributed by atoms with Crippen molar-refractivity contribution in [3.05, 3.63) is 58.9 Å². The van der Waals surface area contributed by atoms with E-state index in [1.165, 1.54) is 40.6 Å². The molecule has 2 fully saturated rings. The van der Waals surface area contributed by atoms with Gasteiger partial charge in [0.15, 0.2) is 23.0 Å². The average Bonchev–Trinajstić information content (AvgIpc) is 3.45. The van der Waals surface area contributed by atoms with E-state index in [0.717, 1.165) is 9.80 Å². The number of ether oxygens (including phenoxy) is 4. The van der Waals surface area contributed by atoms with Crippen molar-refractivity contribution in [2.45, 2.75) is 12.8 Å². The van der Waals surface area contributed by atoms with Gasteiger partial charge in [-0.15, -0.1) is 0 Å². The van der Waals surface area contributed by atoms with Crippen LogP contribution in [0.1, 0.15) is 24.0 Å². The molecule has 6 amide bonds. The van der Waals surface area contributed by atoms with Crippen LogP contribution in [0.2, 0.25) is 0 Å². The van der Waals surface area contributed by atoms with E-state index < -0.39 is 35.8 Å². The molecular formula is C30H30N4O12Zn. The van der Waals surface area contributed by atoms with Gasteiger partial charge < -0.3 is 38.7 Å². The Balaban J connectivity index is 0.000000320. The van der Waals surface area contributed by atoms with Crippen LogP contribution in [0.5, 0.6) is 23.0 Å². The first-order chi connectivity index (χ1) is 21.9. The molecule has 2 heterocycles. The van der Waals surface area contributed by atoms with Gasteiger partial charge in [0, 0.05) is 37.9 Å². The second-order valence-electron chi connectivity index (χ2n) is 9.35. The summed E-state index contributed by atoms with van der Waals surface area (Å²) in [5.74, 6) is -1.82. The van der Waals surface area contributed by atoms with Crippen molar-refractivity contribution in [2.24, 2.45) is 0 Å². The van der Waals surface area contributed by atoms with Crippen LogP contribution in [0.15, 0.2) is 47.8 Å². The second kappa shape index (κ2) is 17.3. The fourth-order valence-corrected chi connectivity index (χ4v) is 4.26. The summed E-state index contributed by atoms with van der Waals surface area (Å²) in [6, 6.07) is 8.63. The van der Waals surface area contributed by atoms with Gasteiger partial charge in [0.05, 0.1) is 28.4 Å². The zero-order valence-corrected chi connectivity index (χ0v) is 28.9. The third-order valence-electron chi connectivity index (χ3n) is 6.48. The summed E-state index contributed by atoms with van der Waals surface area (Å²) in [5, 5.41) is 25.4. The van der Waals surface area contributed by atoms with Gasteiger partial charge >= 0.3 is 31.5 Å². The van der Waals surface area contributed by atoms with E-state index in [1.807, 2.05) is 0 Å². The topological polar surface area (TPSA) is 216 Å². The van der Waals surface area contributed by atoms with Crippen molar-refractivity contribution >= 4 is 48.0 Å². The number of carbonyl (C=O) groups excluding carboxylic acids is 6. The van der Waals surface area contributed by atoms with Gasteiger partial charge in [0.1, 0.15) is 11.4 Å². The number of aliphatic carboxylic acids is 2. The van der Waals surface area contributed by atoms with Crippen LogP contribution in [0.25, 0.3) is 12.2 Å². The second-order valence-corrected chi connectivity index (χ2v) is 9.35. The van der Waals surface area contributed by atoms with Crippen LogP contribution < -0.4 is 39.8 Å². The summed E-state index contributed by atoms with van der Waals surface area (Å²) in [4.78, 5) is 70.4. The number of carbonyl (C=O) groups is 6. The number of nitrogens with zero attached hydrogens (tertiary/aromatic N) is 2. The van der Waals surface area contributed by atoms with Crippen LogP contribution in [0.4, 0.5) is 9.59 Å². The molecule has 47 heavy (non-hydrogen) atoms. The molecule has 2 aromatic carbocycles. The summed E-state index contributed by atoms with van der Waals surface area (Å²) in [6.45, 7) is -0.307. The molecule has 16 nitrogen and oxygen atoms in total. The summed E-state index contributed by atoms with van der Waals surface area (Å²) in [7, 11) is 5.96. The van der Waals surface area contributed by atoms with Crippen molar-refractivity contribution in [1.82, 2.24) is 20.4 Å². The minimum Gasteiger partial charge on any atom is -0.550 e. The molecule has 2 aliphatic heterocycles. The van der Waals surface area contributed by atoms with Crippen molar-refractivity contribution < 1.29 is 77.4 Å². The first-order valence-electron chi connectivity index (χ1n) is 13.4. The zero-order chi connectivity index (χ0) is 34.0. The predicted octanol–water partition coefficient (Wildman–Crippen LogP) is -0.529. The summed E-state index contributed by atoms with van der Waals surface area (Å²) >= 11 is 0. The summed E-state index contributed by atoms with van der Waals surface area (Å²) in [5.41, 5.74) is 1.31. The van der Waals surface area contributed by atoms with E-state index in [2.05, 4.69) is 10.6 Å². The molecule has 0 atom stereocenters. The van der Waals surface area contributed by atoms with E-state index in [1.54, 1.807) is 36.4 Å². The molecule has 2 saturated heterocycles. The van der Waals surface area contributed by atoms with Crippen molar-refractivity contribution in [3.8, 4) is 23.0 Å². The molecule has 0 saturated carbocycles. The van der Waals surface area contributed by atoms with Gasteiger partial charge in [-0.3, -0.25) is 30.0 Å². The molecular weight excluding hydrogens is 674 g/mol. The number of benzene rings is 2. The molecule has 0 aromatic heterocycles. The normalized spacial score (nSPS) is 15.4. The van der Waals surface area contributed by atoms with Crippen molar-refractivity contribution in [3.63, 3.8) is 0 Å². The van der Waals surface area contributed by atoms with E-state index in [4.69, 9.17) is 18.9 Å². The largest absolute Gasteiger partial charge is 2.00 e. The maximum atomic E-state index is 11.9. The minimum absolute atomic E-state index is 0. The van der Waals surface area contributed by atoms with Gasteiger partial charge in [0.2, 0.25) is 0 Å².